The Morgan fingerprint density at radius 1 is 0.533 bits per heavy atom. The van der Waals surface area contributed by atoms with Gasteiger partial charge in [0, 0.05) is 24.5 Å². The zero-order valence-electron chi connectivity index (χ0n) is 19.3. The second kappa shape index (κ2) is 8.95. The summed E-state index contributed by atoms with van der Waals surface area (Å²) in [7, 11) is 0. The minimum atomic E-state index is 0.193. The van der Waals surface area contributed by atoms with Gasteiger partial charge in [-0.1, -0.05) is 96.1 Å². The molecule has 0 aliphatic rings. The molecule has 0 amide bonds. The molecule has 0 spiro atoms. The Morgan fingerprint density at radius 2 is 0.900 bits per heavy atom. The first-order valence-electron chi connectivity index (χ1n) is 10.9. The number of nitrogens with one attached hydrogen (secondary N) is 2. The summed E-state index contributed by atoms with van der Waals surface area (Å²) in [6.45, 7) is 15.1. The van der Waals surface area contributed by atoms with Crippen molar-refractivity contribution in [1.82, 2.24) is 0 Å². The van der Waals surface area contributed by atoms with Gasteiger partial charge in [0.25, 0.3) is 0 Å². The van der Waals surface area contributed by atoms with Gasteiger partial charge in [0.05, 0.1) is 0 Å². The van der Waals surface area contributed by atoms with Crippen LogP contribution in [0.25, 0.3) is 0 Å². The topological polar surface area (TPSA) is 24.1 Å². The van der Waals surface area contributed by atoms with Gasteiger partial charge in [-0.2, -0.15) is 0 Å². The van der Waals surface area contributed by atoms with Crippen molar-refractivity contribution < 1.29 is 0 Å². The Morgan fingerprint density at radius 3 is 1.23 bits per heavy atom. The van der Waals surface area contributed by atoms with Crippen molar-refractivity contribution in [3.8, 4) is 0 Å². The van der Waals surface area contributed by atoms with Crippen molar-refractivity contribution in [3.05, 3.63) is 95.1 Å². The molecule has 0 saturated carbocycles. The van der Waals surface area contributed by atoms with E-state index in [1.165, 1.54) is 22.3 Å². The minimum absolute atomic E-state index is 0.193. The second-order valence-electron chi connectivity index (χ2n) is 10.2. The zero-order valence-corrected chi connectivity index (χ0v) is 19.3. The molecule has 3 aromatic carbocycles. The van der Waals surface area contributed by atoms with E-state index in [0.717, 1.165) is 24.5 Å². The first-order valence-corrected chi connectivity index (χ1v) is 10.9. The molecule has 0 fully saturated rings. The average Bonchev–Trinajstić information content (AvgIpc) is 2.70. The maximum absolute atomic E-state index is 3.54. The van der Waals surface area contributed by atoms with Crippen LogP contribution in [0.4, 0.5) is 11.4 Å². The van der Waals surface area contributed by atoms with Crippen molar-refractivity contribution in [3.63, 3.8) is 0 Å². The lowest BCUT2D eigenvalue weighted by Crippen LogP contribution is -2.11. The van der Waals surface area contributed by atoms with E-state index >= 15 is 0 Å². The summed E-state index contributed by atoms with van der Waals surface area (Å²) in [5.74, 6) is 0. The highest BCUT2D eigenvalue weighted by atomic mass is 14.9. The van der Waals surface area contributed by atoms with Crippen LogP contribution in [0.2, 0.25) is 0 Å². The number of anilines is 2. The molecule has 0 atom stereocenters. The van der Waals surface area contributed by atoms with Gasteiger partial charge >= 0.3 is 0 Å². The van der Waals surface area contributed by atoms with Crippen molar-refractivity contribution >= 4 is 11.4 Å². The van der Waals surface area contributed by atoms with E-state index in [1.54, 1.807) is 0 Å². The predicted octanol–water partition coefficient (Wildman–Crippen LogP) is 7.51. The number of benzene rings is 3. The lowest BCUT2D eigenvalue weighted by Gasteiger charge is -2.19. The monoisotopic (exact) mass is 400 g/mol. The van der Waals surface area contributed by atoms with Gasteiger partial charge in [-0.05, 0) is 51.3 Å². The van der Waals surface area contributed by atoms with E-state index in [0.29, 0.717) is 0 Å². The molecule has 0 heterocycles. The largest absolute Gasteiger partial charge is 0.381 e. The van der Waals surface area contributed by atoms with Crippen LogP contribution >= 0.6 is 0 Å². The smallest absolute Gasteiger partial charge is 0.0400 e. The summed E-state index contributed by atoms with van der Waals surface area (Å²) < 4.78 is 0. The van der Waals surface area contributed by atoms with Crippen LogP contribution in [0.1, 0.15) is 63.8 Å². The molecule has 0 radical (unpaired) electrons. The minimum Gasteiger partial charge on any atom is -0.381 e. The molecule has 30 heavy (non-hydrogen) atoms. The van der Waals surface area contributed by atoms with Gasteiger partial charge in [0.2, 0.25) is 0 Å². The van der Waals surface area contributed by atoms with E-state index in [9.17, 15) is 0 Å². The molecular formula is C28H36N2. The third kappa shape index (κ3) is 6.13. The van der Waals surface area contributed by atoms with Gasteiger partial charge in [-0.25, -0.2) is 0 Å². The predicted molar refractivity (Wildman–Crippen MR) is 131 cm³/mol. The fraction of sp³-hybridized carbons (Fsp3) is 0.357. The standard InChI is InChI=1S/C28H36N2/c1-27(2,3)23-14-10-21(11-15-23)19-29-25-8-7-9-26(18-25)30-20-22-12-16-24(17-13-22)28(4,5)6/h7-18,29-30H,19-20H2,1-6H3. The lowest BCUT2D eigenvalue weighted by atomic mass is 9.87. The van der Waals surface area contributed by atoms with E-state index in [-0.39, 0.29) is 10.8 Å². The van der Waals surface area contributed by atoms with Crippen molar-refractivity contribution in [2.45, 2.75) is 65.5 Å². The molecule has 2 nitrogen and oxygen atoms in total. The first kappa shape index (κ1) is 22.0. The molecule has 0 aliphatic heterocycles. The Hall–Kier alpha value is -2.74. The van der Waals surface area contributed by atoms with Gasteiger partial charge in [-0.15, -0.1) is 0 Å². The summed E-state index contributed by atoms with van der Waals surface area (Å²) in [4.78, 5) is 0. The Labute approximate surface area is 182 Å². The maximum atomic E-state index is 3.54. The molecule has 0 saturated heterocycles. The highest BCUT2D eigenvalue weighted by Gasteiger charge is 2.13. The molecule has 0 aromatic heterocycles. The molecule has 3 rings (SSSR count). The van der Waals surface area contributed by atoms with E-state index in [4.69, 9.17) is 0 Å². The van der Waals surface area contributed by atoms with Crippen LogP contribution in [0.3, 0.4) is 0 Å². The van der Waals surface area contributed by atoms with Crippen LogP contribution in [0.5, 0.6) is 0 Å². The number of hydrogen-bond donors (Lipinski definition) is 2. The van der Waals surface area contributed by atoms with Crippen molar-refractivity contribution in [2.24, 2.45) is 0 Å². The molecule has 0 bridgehead atoms. The lowest BCUT2D eigenvalue weighted by molar-refractivity contribution is 0.589. The summed E-state index contributed by atoms with van der Waals surface area (Å²) in [6.07, 6.45) is 0. The van der Waals surface area contributed by atoms with Crippen LogP contribution < -0.4 is 10.6 Å². The Bertz CT molecular complexity index is 863. The molecule has 2 N–H and O–H groups in total. The average molecular weight is 401 g/mol. The maximum Gasteiger partial charge on any atom is 0.0400 e. The Balaban J connectivity index is 1.56. The number of hydrogen-bond acceptors (Lipinski definition) is 2. The fourth-order valence-corrected chi connectivity index (χ4v) is 3.39. The van der Waals surface area contributed by atoms with Crippen molar-refractivity contribution in [1.29, 1.82) is 0 Å². The summed E-state index contributed by atoms with van der Waals surface area (Å²) in [5, 5.41) is 7.08. The first-order chi connectivity index (χ1) is 14.1. The van der Waals surface area contributed by atoms with Crippen molar-refractivity contribution in [2.75, 3.05) is 10.6 Å². The highest BCUT2D eigenvalue weighted by molar-refractivity contribution is 5.57. The fourth-order valence-electron chi connectivity index (χ4n) is 3.39. The Kier molecular flexibility index (Phi) is 6.55. The van der Waals surface area contributed by atoms with Crippen LogP contribution in [-0.4, -0.2) is 0 Å². The third-order valence-corrected chi connectivity index (χ3v) is 5.50. The molecular weight excluding hydrogens is 364 g/mol. The van der Waals surface area contributed by atoms with Gasteiger partial charge in [0.15, 0.2) is 0 Å². The molecule has 0 aliphatic carbocycles. The van der Waals surface area contributed by atoms with Crippen LogP contribution in [-0.2, 0) is 23.9 Å². The SMILES string of the molecule is CC(C)(C)c1ccc(CNc2cccc(NCc3ccc(C(C)(C)C)cc3)c2)cc1. The zero-order chi connectivity index (χ0) is 21.8. The molecule has 158 valence electrons. The van der Waals surface area contributed by atoms with E-state index in [2.05, 4.69) is 125 Å². The third-order valence-electron chi connectivity index (χ3n) is 5.50. The molecule has 3 aromatic rings. The molecule has 2 heteroatoms. The van der Waals surface area contributed by atoms with Gasteiger partial charge < -0.3 is 10.6 Å². The van der Waals surface area contributed by atoms with Gasteiger partial charge in [0.1, 0.15) is 0 Å². The normalized spacial score (nSPS) is 11.9. The summed E-state index contributed by atoms with van der Waals surface area (Å²) >= 11 is 0. The second-order valence-corrected chi connectivity index (χ2v) is 10.2. The summed E-state index contributed by atoms with van der Waals surface area (Å²) in [6, 6.07) is 26.3. The molecule has 0 unspecified atom stereocenters. The summed E-state index contributed by atoms with van der Waals surface area (Å²) in [5.41, 5.74) is 7.96. The number of rotatable bonds is 6. The van der Waals surface area contributed by atoms with Crippen LogP contribution in [0, 0.1) is 0 Å². The van der Waals surface area contributed by atoms with Gasteiger partial charge in [-0.3, -0.25) is 0 Å². The van der Waals surface area contributed by atoms with Crippen LogP contribution in [0.15, 0.2) is 72.8 Å². The van der Waals surface area contributed by atoms with E-state index in [1.807, 2.05) is 0 Å². The highest BCUT2D eigenvalue weighted by Crippen LogP contribution is 2.24. The van der Waals surface area contributed by atoms with E-state index < -0.39 is 0 Å². The quantitative estimate of drug-likeness (QED) is 0.447.